The van der Waals surface area contributed by atoms with Crippen LogP contribution >= 0.6 is 15.9 Å². The van der Waals surface area contributed by atoms with Gasteiger partial charge in [-0.2, -0.15) is 5.10 Å². The molecule has 0 fully saturated rings. The maximum atomic E-state index is 12.1. The second-order valence-corrected chi connectivity index (χ2v) is 4.99. The van der Waals surface area contributed by atoms with Gasteiger partial charge in [-0.15, -0.1) is 0 Å². The fourth-order valence-electron chi connectivity index (χ4n) is 1.65. The van der Waals surface area contributed by atoms with Crippen molar-refractivity contribution in [2.75, 3.05) is 5.32 Å². The largest absolute Gasteiger partial charge is 0.364 e. The molecule has 0 radical (unpaired) electrons. The number of nitrogens with two attached hydrogens (primary N) is 1. The number of carbonyl (C=O) groups is 2. The molecule has 6 nitrogen and oxygen atoms in total. The molecule has 0 saturated carbocycles. The SMILES string of the molecule is CCn1cc(NC(=O)c2ccc(Br)cc2)c(C(N)=O)n1. The molecule has 20 heavy (non-hydrogen) atoms. The summed E-state index contributed by atoms with van der Waals surface area (Å²) < 4.78 is 2.42. The topological polar surface area (TPSA) is 90.0 Å². The van der Waals surface area contributed by atoms with Crippen molar-refractivity contribution < 1.29 is 9.59 Å². The van der Waals surface area contributed by atoms with Gasteiger partial charge < -0.3 is 11.1 Å². The summed E-state index contributed by atoms with van der Waals surface area (Å²) in [6, 6.07) is 6.87. The maximum Gasteiger partial charge on any atom is 0.271 e. The smallest absolute Gasteiger partial charge is 0.271 e. The highest BCUT2D eigenvalue weighted by molar-refractivity contribution is 9.10. The Bertz CT molecular complexity index is 649. The average molecular weight is 337 g/mol. The van der Waals surface area contributed by atoms with Crippen LogP contribution in [0.25, 0.3) is 0 Å². The van der Waals surface area contributed by atoms with Gasteiger partial charge in [-0.25, -0.2) is 0 Å². The van der Waals surface area contributed by atoms with Crippen LogP contribution in [0.2, 0.25) is 0 Å². The van der Waals surface area contributed by atoms with Crippen molar-refractivity contribution in [3.63, 3.8) is 0 Å². The quantitative estimate of drug-likeness (QED) is 0.894. The standard InChI is InChI=1S/C13H13BrN4O2/c1-2-18-7-10(11(17-18)12(15)19)16-13(20)8-3-5-9(14)6-4-8/h3-7H,2H2,1H3,(H2,15,19)(H,16,20). The van der Waals surface area contributed by atoms with E-state index in [0.29, 0.717) is 17.8 Å². The van der Waals surface area contributed by atoms with Crippen molar-refractivity contribution in [3.05, 3.63) is 46.2 Å². The lowest BCUT2D eigenvalue weighted by atomic mass is 10.2. The highest BCUT2D eigenvalue weighted by atomic mass is 79.9. The van der Waals surface area contributed by atoms with E-state index in [2.05, 4.69) is 26.3 Å². The van der Waals surface area contributed by atoms with Crippen LogP contribution in [0.4, 0.5) is 5.69 Å². The highest BCUT2D eigenvalue weighted by Crippen LogP contribution is 2.16. The summed E-state index contributed by atoms with van der Waals surface area (Å²) in [5.74, 6) is -1.00. The molecule has 1 aromatic carbocycles. The van der Waals surface area contributed by atoms with Crippen molar-refractivity contribution in [2.24, 2.45) is 5.73 Å². The molecule has 0 atom stereocenters. The predicted octanol–water partition coefficient (Wildman–Crippen LogP) is 2.02. The summed E-state index contributed by atoms with van der Waals surface area (Å²) in [5, 5.41) is 6.65. The number of aryl methyl sites for hydroxylation is 1. The minimum atomic E-state index is -0.677. The molecule has 0 saturated heterocycles. The van der Waals surface area contributed by atoms with Gasteiger partial charge in [0.05, 0.1) is 5.69 Å². The first-order chi connectivity index (χ1) is 9.51. The average Bonchev–Trinajstić information content (AvgIpc) is 2.82. The fourth-order valence-corrected chi connectivity index (χ4v) is 1.92. The fraction of sp³-hybridized carbons (Fsp3) is 0.154. The maximum absolute atomic E-state index is 12.1. The lowest BCUT2D eigenvalue weighted by Gasteiger charge is -2.03. The minimum absolute atomic E-state index is 0.0531. The van der Waals surface area contributed by atoms with Crippen LogP contribution in [-0.2, 0) is 6.54 Å². The number of nitrogens with one attached hydrogen (secondary N) is 1. The van der Waals surface area contributed by atoms with Gasteiger partial charge in [-0.05, 0) is 31.2 Å². The van der Waals surface area contributed by atoms with Gasteiger partial charge in [0.1, 0.15) is 0 Å². The Balaban J connectivity index is 2.25. The third-order valence-electron chi connectivity index (χ3n) is 2.67. The third kappa shape index (κ3) is 3.05. The number of primary amides is 1. The molecule has 0 spiro atoms. The zero-order valence-corrected chi connectivity index (χ0v) is 12.3. The molecule has 2 rings (SSSR count). The van der Waals surface area contributed by atoms with Gasteiger partial charge in [0, 0.05) is 22.8 Å². The van der Waals surface area contributed by atoms with Crippen molar-refractivity contribution in [1.29, 1.82) is 0 Å². The number of amides is 2. The lowest BCUT2D eigenvalue weighted by Crippen LogP contribution is -2.17. The number of benzene rings is 1. The van der Waals surface area contributed by atoms with Gasteiger partial charge in [0.15, 0.2) is 5.69 Å². The van der Waals surface area contributed by atoms with Crippen LogP contribution in [0.5, 0.6) is 0 Å². The summed E-state index contributed by atoms with van der Waals surface area (Å²) in [7, 11) is 0. The van der Waals surface area contributed by atoms with E-state index in [9.17, 15) is 9.59 Å². The number of nitrogens with zero attached hydrogens (tertiary/aromatic N) is 2. The van der Waals surface area contributed by atoms with Crippen LogP contribution in [0.15, 0.2) is 34.9 Å². The molecular formula is C13H13BrN4O2. The summed E-state index contributed by atoms with van der Waals surface area (Å²) in [6.07, 6.45) is 1.58. The van der Waals surface area contributed by atoms with E-state index < -0.39 is 5.91 Å². The van der Waals surface area contributed by atoms with Crippen molar-refractivity contribution >= 4 is 33.4 Å². The molecule has 3 N–H and O–H groups in total. The minimum Gasteiger partial charge on any atom is -0.364 e. The second-order valence-electron chi connectivity index (χ2n) is 4.07. The van der Waals surface area contributed by atoms with Crippen LogP contribution in [0, 0.1) is 0 Å². The molecular weight excluding hydrogens is 324 g/mol. The van der Waals surface area contributed by atoms with Gasteiger partial charge in [0.2, 0.25) is 0 Å². The van der Waals surface area contributed by atoms with Crippen LogP contribution < -0.4 is 11.1 Å². The molecule has 1 heterocycles. The molecule has 2 amide bonds. The Morgan fingerprint density at radius 3 is 2.55 bits per heavy atom. The van der Waals surface area contributed by atoms with Gasteiger partial charge in [-0.1, -0.05) is 15.9 Å². The van der Waals surface area contributed by atoms with E-state index >= 15 is 0 Å². The Labute approximate surface area is 124 Å². The predicted molar refractivity (Wildman–Crippen MR) is 78.5 cm³/mol. The Hall–Kier alpha value is -2.15. The van der Waals surface area contributed by atoms with E-state index in [0.717, 1.165) is 4.47 Å². The second kappa shape index (κ2) is 5.87. The number of hydrogen-bond acceptors (Lipinski definition) is 3. The van der Waals surface area contributed by atoms with E-state index in [1.807, 2.05) is 6.92 Å². The zero-order valence-electron chi connectivity index (χ0n) is 10.8. The van der Waals surface area contributed by atoms with Crippen LogP contribution in [0.3, 0.4) is 0 Å². The number of anilines is 1. The number of halogens is 1. The zero-order chi connectivity index (χ0) is 14.7. The molecule has 0 bridgehead atoms. The van der Waals surface area contributed by atoms with Gasteiger partial charge >= 0.3 is 0 Å². The Kier molecular flexibility index (Phi) is 4.19. The van der Waals surface area contributed by atoms with Crippen LogP contribution in [-0.4, -0.2) is 21.6 Å². The first-order valence-electron chi connectivity index (χ1n) is 5.95. The van der Waals surface area contributed by atoms with Crippen molar-refractivity contribution in [1.82, 2.24) is 9.78 Å². The Morgan fingerprint density at radius 2 is 2.00 bits per heavy atom. The first-order valence-corrected chi connectivity index (χ1v) is 6.74. The van der Waals surface area contributed by atoms with E-state index in [1.165, 1.54) is 4.68 Å². The van der Waals surface area contributed by atoms with Crippen LogP contribution in [0.1, 0.15) is 27.8 Å². The third-order valence-corrected chi connectivity index (χ3v) is 3.20. The molecule has 104 valence electrons. The number of rotatable bonds is 4. The van der Waals surface area contributed by atoms with Gasteiger partial charge in [-0.3, -0.25) is 14.3 Å². The molecule has 0 aliphatic rings. The molecule has 0 aliphatic heterocycles. The summed E-state index contributed by atoms with van der Waals surface area (Å²) in [5.41, 5.74) is 6.09. The van der Waals surface area contributed by atoms with E-state index in [1.54, 1.807) is 30.5 Å². The number of hydrogen-bond donors (Lipinski definition) is 2. The number of carbonyl (C=O) groups excluding carboxylic acids is 2. The van der Waals surface area contributed by atoms with E-state index in [-0.39, 0.29) is 11.6 Å². The van der Waals surface area contributed by atoms with Crippen molar-refractivity contribution in [3.8, 4) is 0 Å². The van der Waals surface area contributed by atoms with Crippen molar-refractivity contribution in [2.45, 2.75) is 13.5 Å². The monoisotopic (exact) mass is 336 g/mol. The first kappa shape index (κ1) is 14.3. The molecule has 0 aliphatic carbocycles. The normalized spacial score (nSPS) is 10.3. The molecule has 7 heteroatoms. The summed E-state index contributed by atoms with van der Waals surface area (Å²) >= 11 is 3.30. The summed E-state index contributed by atoms with van der Waals surface area (Å²) in [4.78, 5) is 23.4. The van der Waals surface area contributed by atoms with Gasteiger partial charge in [0.25, 0.3) is 11.8 Å². The number of aromatic nitrogens is 2. The lowest BCUT2D eigenvalue weighted by molar-refractivity contribution is 0.0995. The highest BCUT2D eigenvalue weighted by Gasteiger charge is 2.16. The molecule has 0 unspecified atom stereocenters. The summed E-state index contributed by atoms with van der Waals surface area (Å²) in [6.45, 7) is 2.45. The van der Waals surface area contributed by atoms with E-state index in [4.69, 9.17) is 5.73 Å². The molecule has 1 aromatic heterocycles. The molecule has 2 aromatic rings. The Morgan fingerprint density at radius 1 is 1.35 bits per heavy atom.